The maximum Gasteiger partial charge on any atom is 0.225 e. The van der Waals surface area contributed by atoms with Gasteiger partial charge in [0.25, 0.3) is 0 Å². The molecule has 5 heteroatoms. The summed E-state index contributed by atoms with van der Waals surface area (Å²) < 4.78 is 0. The first-order valence-corrected chi connectivity index (χ1v) is 8.17. The van der Waals surface area contributed by atoms with Crippen molar-refractivity contribution in [2.24, 2.45) is 5.92 Å². The predicted molar refractivity (Wildman–Crippen MR) is 88.7 cm³/mol. The minimum absolute atomic E-state index is 0.0464. The van der Waals surface area contributed by atoms with Crippen LogP contribution in [0.5, 0.6) is 0 Å². The van der Waals surface area contributed by atoms with Gasteiger partial charge in [-0.2, -0.15) is 0 Å². The molecule has 0 aromatic carbocycles. The zero-order chi connectivity index (χ0) is 16.2. The number of piperidine rings is 1. The van der Waals surface area contributed by atoms with Gasteiger partial charge in [-0.15, -0.1) is 0 Å². The third kappa shape index (κ3) is 3.55. The second kappa shape index (κ2) is 6.86. The molecule has 0 radical (unpaired) electrons. The molecule has 1 amide bonds. The molecule has 3 heterocycles. The molecule has 1 saturated heterocycles. The molecule has 1 fully saturated rings. The molecule has 1 aliphatic rings. The van der Waals surface area contributed by atoms with Gasteiger partial charge in [-0.05, 0) is 31.0 Å². The van der Waals surface area contributed by atoms with Crippen LogP contribution in [0.1, 0.15) is 38.3 Å². The van der Waals surface area contributed by atoms with E-state index in [0.717, 1.165) is 37.2 Å². The van der Waals surface area contributed by atoms with Crippen LogP contribution in [-0.4, -0.2) is 38.8 Å². The molecule has 0 saturated carbocycles. The Kier molecular flexibility index (Phi) is 4.65. The van der Waals surface area contributed by atoms with Crippen LogP contribution in [-0.2, 0) is 4.79 Å². The fourth-order valence-electron chi connectivity index (χ4n) is 3.02. The number of aromatic nitrogens is 3. The third-order valence-corrected chi connectivity index (χ3v) is 4.24. The molecule has 5 nitrogen and oxygen atoms in total. The number of likely N-dealkylation sites (tertiary alicyclic amines) is 1. The van der Waals surface area contributed by atoms with E-state index in [4.69, 9.17) is 4.98 Å². The molecule has 0 bridgehead atoms. The summed E-state index contributed by atoms with van der Waals surface area (Å²) in [6, 6.07) is 5.81. The average Bonchev–Trinajstić information content (AvgIpc) is 2.62. The van der Waals surface area contributed by atoms with E-state index in [9.17, 15) is 4.79 Å². The van der Waals surface area contributed by atoms with Crippen molar-refractivity contribution in [3.05, 3.63) is 42.5 Å². The van der Waals surface area contributed by atoms with Gasteiger partial charge in [0.1, 0.15) is 0 Å². The van der Waals surface area contributed by atoms with Crippen LogP contribution < -0.4 is 0 Å². The van der Waals surface area contributed by atoms with Crippen molar-refractivity contribution >= 4 is 5.91 Å². The summed E-state index contributed by atoms with van der Waals surface area (Å²) in [5.74, 6) is 1.26. The second-order valence-corrected chi connectivity index (χ2v) is 6.32. The molecule has 1 aliphatic heterocycles. The Morgan fingerprint density at radius 2 is 2.17 bits per heavy atom. The highest BCUT2D eigenvalue weighted by molar-refractivity contribution is 5.78. The zero-order valence-electron chi connectivity index (χ0n) is 13.6. The van der Waals surface area contributed by atoms with Gasteiger partial charge < -0.3 is 4.90 Å². The van der Waals surface area contributed by atoms with Crippen molar-refractivity contribution in [3.63, 3.8) is 0 Å². The third-order valence-electron chi connectivity index (χ3n) is 4.24. The first kappa shape index (κ1) is 15.6. The largest absolute Gasteiger partial charge is 0.342 e. The highest BCUT2D eigenvalue weighted by Gasteiger charge is 2.27. The molecule has 1 atom stereocenters. The second-order valence-electron chi connectivity index (χ2n) is 6.32. The van der Waals surface area contributed by atoms with E-state index in [-0.39, 0.29) is 17.7 Å². The van der Waals surface area contributed by atoms with Crippen LogP contribution in [0.4, 0.5) is 0 Å². The van der Waals surface area contributed by atoms with Crippen molar-refractivity contribution in [1.29, 1.82) is 0 Å². The normalized spacial score (nSPS) is 18.2. The number of amides is 1. The molecule has 0 unspecified atom stereocenters. The highest BCUT2D eigenvalue weighted by atomic mass is 16.2. The van der Waals surface area contributed by atoms with Crippen molar-refractivity contribution in [1.82, 2.24) is 19.9 Å². The number of carbonyl (C=O) groups excluding carboxylic acids is 1. The number of hydrogen-bond donors (Lipinski definition) is 0. The van der Waals surface area contributed by atoms with Crippen LogP contribution in [0.3, 0.4) is 0 Å². The van der Waals surface area contributed by atoms with E-state index in [1.807, 2.05) is 36.9 Å². The predicted octanol–water partition coefficient (Wildman–Crippen LogP) is 2.90. The summed E-state index contributed by atoms with van der Waals surface area (Å²) in [7, 11) is 0. The van der Waals surface area contributed by atoms with Crippen molar-refractivity contribution in [3.8, 4) is 11.4 Å². The van der Waals surface area contributed by atoms with Crippen LogP contribution >= 0.6 is 0 Å². The van der Waals surface area contributed by atoms with Crippen molar-refractivity contribution in [2.75, 3.05) is 13.1 Å². The number of pyridine rings is 1. The van der Waals surface area contributed by atoms with Crippen LogP contribution in [0.2, 0.25) is 0 Å². The van der Waals surface area contributed by atoms with Gasteiger partial charge in [-0.25, -0.2) is 9.97 Å². The van der Waals surface area contributed by atoms with Crippen molar-refractivity contribution < 1.29 is 4.79 Å². The minimum atomic E-state index is 0.0464. The number of carbonyl (C=O) groups is 1. The molecule has 23 heavy (non-hydrogen) atoms. The van der Waals surface area contributed by atoms with Gasteiger partial charge in [0.15, 0.2) is 5.82 Å². The molecule has 120 valence electrons. The standard InChI is InChI=1S/C18H22N4O/c1-13(2)18(23)22-10-4-6-15(12-22)16-7-9-20-17(21-16)14-5-3-8-19-11-14/h3,5,7-9,11,13,15H,4,6,10,12H2,1-2H3/t15-/m0/s1. The molecule has 0 N–H and O–H groups in total. The monoisotopic (exact) mass is 310 g/mol. The smallest absolute Gasteiger partial charge is 0.225 e. The first-order chi connectivity index (χ1) is 11.1. The van der Waals surface area contributed by atoms with E-state index < -0.39 is 0 Å². The fourth-order valence-corrected chi connectivity index (χ4v) is 3.02. The molecule has 2 aromatic heterocycles. The van der Waals surface area contributed by atoms with Gasteiger partial charge in [-0.1, -0.05) is 13.8 Å². The summed E-state index contributed by atoms with van der Waals surface area (Å²) in [5.41, 5.74) is 1.93. The Morgan fingerprint density at radius 1 is 1.30 bits per heavy atom. The molecule has 2 aromatic rings. The Labute approximate surface area is 136 Å². The summed E-state index contributed by atoms with van der Waals surface area (Å²) in [6.45, 7) is 5.52. The average molecular weight is 310 g/mol. The maximum atomic E-state index is 12.2. The Hall–Kier alpha value is -2.30. The number of rotatable bonds is 3. The Bertz CT molecular complexity index is 672. The van der Waals surface area contributed by atoms with E-state index in [1.54, 1.807) is 18.6 Å². The van der Waals surface area contributed by atoms with E-state index in [1.165, 1.54) is 0 Å². The van der Waals surface area contributed by atoms with Gasteiger partial charge in [0.2, 0.25) is 5.91 Å². The molecule has 0 spiro atoms. The summed E-state index contributed by atoms with van der Waals surface area (Å²) in [5, 5.41) is 0. The van der Waals surface area contributed by atoms with Crippen LogP contribution in [0, 0.1) is 5.92 Å². The summed E-state index contributed by atoms with van der Waals surface area (Å²) in [6.07, 6.45) is 7.40. The lowest BCUT2D eigenvalue weighted by Crippen LogP contribution is -2.41. The van der Waals surface area contributed by atoms with Gasteiger partial charge in [0, 0.05) is 54.8 Å². The lowest BCUT2D eigenvalue weighted by atomic mass is 9.93. The Balaban J connectivity index is 1.80. The SMILES string of the molecule is CC(C)C(=O)N1CCC[C@H](c2ccnc(-c3cccnc3)n2)C1. The maximum absolute atomic E-state index is 12.2. The lowest BCUT2D eigenvalue weighted by Gasteiger charge is -2.33. The van der Waals surface area contributed by atoms with Crippen LogP contribution in [0.15, 0.2) is 36.8 Å². The Morgan fingerprint density at radius 3 is 2.91 bits per heavy atom. The quantitative estimate of drug-likeness (QED) is 0.874. The van der Waals surface area contributed by atoms with Crippen molar-refractivity contribution in [2.45, 2.75) is 32.6 Å². The van der Waals surface area contributed by atoms with Gasteiger partial charge >= 0.3 is 0 Å². The summed E-state index contributed by atoms with van der Waals surface area (Å²) >= 11 is 0. The van der Waals surface area contributed by atoms with Crippen LogP contribution in [0.25, 0.3) is 11.4 Å². The van der Waals surface area contributed by atoms with E-state index in [2.05, 4.69) is 9.97 Å². The number of hydrogen-bond acceptors (Lipinski definition) is 4. The summed E-state index contributed by atoms with van der Waals surface area (Å²) in [4.78, 5) is 27.4. The zero-order valence-corrected chi connectivity index (χ0v) is 13.6. The lowest BCUT2D eigenvalue weighted by molar-refractivity contribution is -0.135. The first-order valence-electron chi connectivity index (χ1n) is 8.17. The fraction of sp³-hybridized carbons (Fsp3) is 0.444. The number of nitrogens with zero attached hydrogens (tertiary/aromatic N) is 4. The van der Waals surface area contributed by atoms with Gasteiger partial charge in [-0.3, -0.25) is 9.78 Å². The van der Waals surface area contributed by atoms with Gasteiger partial charge in [0.05, 0.1) is 0 Å². The molecular weight excluding hydrogens is 288 g/mol. The van der Waals surface area contributed by atoms with E-state index >= 15 is 0 Å². The van der Waals surface area contributed by atoms with E-state index in [0.29, 0.717) is 5.82 Å². The molecule has 0 aliphatic carbocycles. The topological polar surface area (TPSA) is 59.0 Å². The minimum Gasteiger partial charge on any atom is -0.342 e. The molecular formula is C18H22N4O. The molecule has 3 rings (SSSR count). The highest BCUT2D eigenvalue weighted by Crippen LogP contribution is 2.27.